The van der Waals surface area contributed by atoms with Gasteiger partial charge in [0.05, 0.1) is 41.0 Å². The minimum Gasteiger partial charge on any atom is -0.506 e. The number of carbonyl (C=O) groups excluding carboxylic acids is 1. The maximum atomic E-state index is 14.7. The number of ether oxygens (including phenoxy) is 1. The van der Waals surface area contributed by atoms with E-state index in [1.165, 1.54) is 23.5 Å². The number of carbonyl (C=O) groups is 3. The molecule has 2 aromatic heterocycles. The topological polar surface area (TPSA) is 226 Å². The highest BCUT2D eigenvalue weighted by Gasteiger charge is 2.41. The summed E-state index contributed by atoms with van der Waals surface area (Å²) in [6, 6.07) is 8.32. The molecule has 15 nitrogen and oxygen atoms in total. The van der Waals surface area contributed by atoms with Gasteiger partial charge in [-0.3, -0.25) is 19.3 Å². The van der Waals surface area contributed by atoms with Gasteiger partial charge in [0.25, 0.3) is 5.91 Å². The standard InChI is InChI=1S/C33H40FN5O5S2.C4H6O5/c1-20(2)30-36-25(18-45-30)31(42)39-13-14-44-33(19-39)8-11-38(12-9-33)17-21-3-5-24(34)22(15-21)7-10-35-16-27(41)23-4-6-26(40)28-29(23)46-32(43)37-28;5-2(4(8)9)1-3(6)7/h3-6,15,18,20,27,35,40-41H,7-14,16-17,19H2,1-2H3,(H,37,43);2,5H,1H2,(H,6,7)(H,8,9)/t27-;/m0./s1. The number of nitrogens with zero attached hydrogens (tertiary/aromatic N) is 3. The van der Waals surface area contributed by atoms with Crippen LogP contribution in [0.4, 0.5) is 4.39 Å². The Labute approximate surface area is 324 Å². The van der Waals surface area contributed by atoms with Crippen molar-refractivity contribution in [2.24, 2.45) is 0 Å². The number of benzene rings is 2. The van der Waals surface area contributed by atoms with E-state index in [4.69, 9.17) is 20.1 Å². The molecule has 2 aliphatic rings. The second-order valence-electron chi connectivity index (χ2n) is 14.0. The lowest BCUT2D eigenvalue weighted by Crippen LogP contribution is -2.58. The van der Waals surface area contributed by atoms with Crippen molar-refractivity contribution in [3.05, 3.63) is 78.6 Å². The summed E-state index contributed by atoms with van der Waals surface area (Å²) in [6.45, 7) is 8.84. The van der Waals surface area contributed by atoms with Crippen molar-refractivity contribution in [3.63, 3.8) is 0 Å². The first-order chi connectivity index (χ1) is 26.1. The smallest absolute Gasteiger partial charge is 0.333 e. The maximum Gasteiger partial charge on any atom is 0.333 e. The summed E-state index contributed by atoms with van der Waals surface area (Å²) in [5.74, 6) is -2.87. The average Bonchev–Trinajstić information content (AvgIpc) is 3.80. The van der Waals surface area contributed by atoms with Gasteiger partial charge in [-0.2, -0.15) is 0 Å². The first kappa shape index (κ1) is 41.9. The number of hydrogen-bond donors (Lipinski definition) is 7. The number of H-pyrrole nitrogens is 1. The van der Waals surface area contributed by atoms with E-state index < -0.39 is 30.6 Å². The van der Waals surface area contributed by atoms with Crippen LogP contribution in [0.15, 0.2) is 40.5 Å². The summed E-state index contributed by atoms with van der Waals surface area (Å²) in [7, 11) is 0. The number of thiazole rings is 2. The Morgan fingerprint density at radius 3 is 2.51 bits per heavy atom. The van der Waals surface area contributed by atoms with Crippen molar-refractivity contribution in [2.45, 2.75) is 69.8 Å². The fourth-order valence-electron chi connectivity index (χ4n) is 6.55. The SMILES string of the molecule is CC(C)c1nc(C(=O)N2CCOC3(CCN(Cc4ccc(F)c(CCNC[C@H](O)c5ccc(O)c6[nH]c(=O)sc56)c4)CC3)C2)cs1.O=C(O)CC(O)C(=O)O. The predicted octanol–water partition coefficient (Wildman–Crippen LogP) is 3.29. The Balaban J connectivity index is 0.000000574. The van der Waals surface area contributed by atoms with Gasteiger partial charge in [0.1, 0.15) is 22.8 Å². The number of piperidine rings is 1. The first-order valence-electron chi connectivity index (χ1n) is 17.9. The van der Waals surface area contributed by atoms with Crippen LogP contribution in [0.1, 0.15) is 77.3 Å². The zero-order valence-electron chi connectivity index (χ0n) is 30.5. The van der Waals surface area contributed by atoms with E-state index in [0.29, 0.717) is 72.2 Å². The molecule has 1 amide bonds. The van der Waals surface area contributed by atoms with E-state index in [-0.39, 0.29) is 34.5 Å². The Morgan fingerprint density at radius 1 is 1.11 bits per heavy atom. The molecule has 6 rings (SSSR count). The second-order valence-corrected chi connectivity index (χ2v) is 15.9. The molecule has 2 atom stereocenters. The van der Waals surface area contributed by atoms with E-state index in [1.54, 1.807) is 6.07 Å². The van der Waals surface area contributed by atoms with Crippen molar-refractivity contribution in [3.8, 4) is 5.75 Å². The fourth-order valence-corrected chi connectivity index (χ4v) is 8.28. The number of fused-ring (bicyclic) bond motifs is 1. The number of aliphatic hydroxyl groups is 2. The molecule has 55 heavy (non-hydrogen) atoms. The van der Waals surface area contributed by atoms with Crippen LogP contribution in [-0.2, 0) is 27.3 Å². The fraction of sp³-hybridized carbons (Fsp3) is 0.486. The van der Waals surface area contributed by atoms with Gasteiger partial charge in [0.15, 0.2) is 6.10 Å². The van der Waals surface area contributed by atoms with Gasteiger partial charge in [-0.1, -0.05) is 43.4 Å². The number of aliphatic carboxylic acids is 2. The van der Waals surface area contributed by atoms with Gasteiger partial charge in [0, 0.05) is 49.6 Å². The number of aromatic hydroxyl groups is 1. The number of carboxylic acids is 2. The average molecular weight is 804 g/mol. The van der Waals surface area contributed by atoms with Crippen molar-refractivity contribution in [1.29, 1.82) is 0 Å². The lowest BCUT2D eigenvalue weighted by atomic mass is 9.89. The molecule has 4 aromatic rings. The predicted molar refractivity (Wildman–Crippen MR) is 203 cm³/mol. The Bertz CT molecular complexity index is 2030. The number of likely N-dealkylation sites (tertiary alicyclic amines) is 1. The number of halogens is 1. The summed E-state index contributed by atoms with van der Waals surface area (Å²) in [5, 5.41) is 50.9. The molecule has 1 unspecified atom stereocenters. The van der Waals surface area contributed by atoms with Gasteiger partial charge in [-0.25, -0.2) is 14.2 Å². The number of aliphatic hydroxyl groups excluding tert-OH is 2. The first-order valence-corrected chi connectivity index (χ1v) is 19.6. The molecular formula is C37H46FN5O10S2. The molecule has 0 bridgehead atoms. The van der Waals surface area contributed by atoms with Crippen LogP contribution in [0.5, 0.6) is 5.75 Å². The molecule has 1 spiro atoms. The number of phenolic OH excluding ortho intramolecular Hbond substituents is 1. The maximum absolute atomic E-state index is 14.7. The highest BCUT2D eigenvalue weighted by molar-refractivity contribution is 7.16. The molecule has 4 heterocycles. The minimum atomic E-state index is -1.79. The third kappa shape index (κ3) is 10.9. The zero-order valence-corrected chi connectivity index (χ0v) is 32.1. The number of hydrogen-bond acceptors (Lipinski definition) is 13. The summed E-state index contributed by atoms with van der Waals surface area (Å²) in [6.07, 6.45) is -1.35. The Kier molecular flexibility index (Phi) is 14.1. The molecule has 18 heteroatoms. The molecule has 7 N–H and O–H groups in total. The Morgan fingerprint density at radius 2 is 1.85 bits per heavy atom. The quantitative estimate of drug-likeness (QED) is 0.0965. The highest BCUT2D eigenvalue weighted by Crippen LogP contribution is 2.33. The largest absolute Gasteiger partial charge is 0.506 e. The van der Waals surface area contributed by atoms with E-state index in [2.05, 4.69) is 34.0 Å². The number of nitrogens with one attached hydrogen (secondary N) is 2. The molecule has 0 aliphatic carbocycles. The molecule has 2 fully saturated rings. The van der Waals surface area contributed by atoms with Crippen molar-refractivity contribution in [1.82, 2.24) is 25.1 Å². The van der Waals surface area contributed by atoms with Crippen LogP contribution in [0.25, 0.3) is 10.2 Å². The monoisotopic (exact) mass is 803 g/mol. The number of carboxylic acid groups (broad SMARTS) is 2. The number of morpholine rings is 1. The number of aromatic nitrogens is 2. The molecule has 0 saturated carbocycles. The van der Waals surface area contributed by atoms with Gasteiger partial charge >= 0.3 is 16.8 Å². The van der Waals surface area contributed by atoms with E-state index in [9.17, 15) is 33.8 Å². The number of aromatic amines is 1. The van der Waals surface area contributed by atoms with Crippen LogP contribution in [0, 0.1) is 5.82 Å². The van der Waals surface area contributed by atoms with Gasteiger partial charge < -0.3 is 45.5 Å². The molecule has 298 valence electrons. The van der Waals surface area contributed by atoms with Crippen LogP contribution >= 0.6 is 22.7 Å². The van der Waals surface area contributed by atoms with E-state index in [0.717, 1.165) is 47.8 Å². The lowest BCUT2D eigenvalue weighted by Gasteiger charge is -2.47. The normalized spacial score (nSPS) is 16.9. The van der Waals surface area contributed by atoms with E-state index in [1.807, 2.05) is 22.4 Å². The van der Waals surface area contributed by atoms with Crippen molar-refractivity contribution in [2.75, 3.05) is 45.9 Å². The van der Waals surface area contributed by atoms with Gasteiger partial charge in [-0.15, -0.1) is 11.3 Å². The zero-order chi connectivity index (χ0) is 39.9. The number of amides is 1. The molecule has 2 saturated heterocycles. The highest BCUT2D eigenvalue weighted by atomic mass is 32.1. The second kappa shape index (κ2) is 18.6. The molecule has 0 radical (unpaired) electrons. The summed E-state index contributed by atoms with van der Waals surface area (Å²) in [5.41, 5.74) is 2.69. The van der Waals surface area contributed by atoms with Gasteiger partial charge in [-0.05, 0) is 49.1 Å². The summed E-state index contributed by atoms with van der Waals surface area (Å²) in [4.78, 5) is 55.5. The summed E-state index contributed by atoms with van der Waals surface area (Å²) >= 11 is 2.48. The van der Waals surface area contributed by atoms with Crippen LogP contribution in [0.3, 0.4) is 0 Å². The number of rotatable bonds is 13. The lowest BCUT2D eigenvalue weighted by molar-refractivity contribution is -0.152. The summed E-state index contributed by atoms with van der Waals surface area (Å²) < 4.78 is 21.5. The van der Waals surface area contributed by atoms with E-state index >= 15 is 0 Å². The van der Waals surface area contributed by atoms with Crippen LogP contribution < -0.4 is 10.2 Å². The molecule has 2 aliphatic heterocycles. The molecule has 2 aromatic carbocycles. The molecular weight excluding hydrogens is 758 g/mol. The van der Waals surface area contributed by atoms with Gasteiger partial charge in [0.2, 0.25) is 0 Å². The van der Waals surface area contributed by atoms with Crippen LogP contribution in [-0.4, -0.2) is 121 Å². The Hall–Kier alpha value is -4.30. The third-order valence-corrected chi connectivity index (χ3v) is 11.6. The van der Waals surface area contributed by atoms with Crippen molar-refractivity contribution < 1.29 is 49.0 Å². The van der Waals surface area contributed by atoms with Crippen LogP contribution in [0.2, 0.25) is 0 Å². The van der Waals surface area contributed by atoms with Crippen molar-refractivity contribution >= 4 is 50.7 Å². The number of phenols is 1. The third-order valence-electron chi connectivity index (χ3n) is 9.56. The minimum absolute atomic E-state index is 0.0206.